The molecule has 0 radical (unpaired) electrons. The molecule has 9 heteroatoms. The summed E-state index contributed by atoms with van der Waals surface area (Å²) >= 11 is 0. The van der Waals surface area contributed by atoms with Crippen LogP contribution in [0, 0.1) is 5.82 Å². The molecule has 0 N–H and O–H groups in total. The Balaban J connectivity index is 2.42. The summed E-state index contributed by atoms with van der Waals surface area (Å²) < 4.78 is 82.7. The monoisotopic (exact) mass is 341 g/mol. The van der Waals surface area contributed by atoms with Gasteiger partial charge in [-0.2, -0.15) is 17.5 Å². The molecule has 0 amide bonds. The minimum Gasteiger partial charge on any atom is -0.494 e. The van der Waals surface area contributed by atoms with E-state index in [1.54, 1.807) is 0 Å². The Labute approximate surface area is 125 Å². The van der Waals surface area contributed by atoms with Gasteiger partial charge in [-0.3, -0.25) is 0 Å². The van der Waals surface area contributed by atoms with Gasteiger partial charge in [0, 0.05) is 6.54 Å². The van der Waals surface area contributed by atoms with E-state index in [0.29, 0.717) is 23.2 Å². The van der Waals surface area contributed by atoms with Crippen LogP contribution in [0.25, 0.3) is 0 Å². The van der Waals surface area contributed by atoms with Crippen molar-refractivity contribution in [2.75, 3.05) is 13.7 Å². The molecule has 124 valence electrons. The van der Waals surface area contributed by atoms with Crippen molar-refractivity contribution in [3.63, 3.8) is 0 Å². The fourth-order valence-corrected chi connectivity index (χ4v) is 4.16. The number of halogens is 4. The Kier molecular flexibility index (Phi) is 4.67. The maximum absolute atomic E-state index is 13.6. The highest BCUT2D eigenvalue weighted by Gasteiger charge is 2.49. The Hall–Kier alpha value is -1.35. The lowest BCUT2D eigenvalue weighted by Gasteiger charge is -2.35. The van der Waals surface area contributed by atoms with Crippen molar-refractivity contribution in [3.8, 4) is 5.75 Å². The first kappa shape index (κ1) is 17.0. The molecule has 1 aromatic rings. The average molecular weight is 341 g/mol. The van der Waals surface area contributed by atoms with Crippen LogP contribution in [0.15, 0.2) is 23.1 Å². The molecular weight excluding hydrogens is 326 g/mol. The number of nitrogens with zero attached hydrogens (tertiary/aromatic N) is 1. The van der Waals surface area contributed by atoms with Crippen LogP contribution in [-0.4, -0.2) is 38.6 Å². The topological polar surface area (TPSA) is 46.6 Å². The van der Waals surface area contributed by atoms with Gasteiger partial charge < -0.3 is 4.74 Å². The molecule has 0 saturated carbocycles. The van der Waals surface area contributed by atoms with Crippen molar-refractivity contribution >= 4 is 10.0 Å². The molecule has 1 atom stereocenters. The summed E-state index contributed by atoms with van der Waals surface area (Å²) in [4.78, 5) is -0.512. The van der Waals surface area contributed by atoms with E-state index in [-0.39, 0.29) is 18.7 Å². The summed E-state index contributed by atoms with van der Waals surface area (Å²) in [5.41, 5.74) is 0. The molecule has 1 saturated heterocycles. The zero-order valence-electron chi connectivity index (χ0n) is 11.7. The van der Waals surface area contributed by atoms with Gasteiger partial charge in [-0.05, 0) is 31.0 Å². The van der Waals surface area contributed by atoms with E-state index in [1.807, 2.05) is 0 Å². The molecule has 1 aliphatic heterocycles. The number of alkyl halides is 3. The van der Waals surface area contributed by atoms with E-state index in [9.17, 15) is 26.0 Å². The lowest BCUT2D eigenvalue weighted by molar-refractivity contribution is -0.177. The van der Waals surface area contributed by atoms with Crippen LogP contribution < -0.4 is 4.74 Å². The summed E-state index contributed by atoms with van der Waals surface area (Å²) in [6, 6.07) is 0.723. The molecule has 4 nitrogen and oxygen atoms in total. The van der Waals surface area contributed by atoms with Crippen LogP contribution in [0.2, 0.25) is 0 Å². The fourth-order valence-electron chi connectivity index (χ4n) is 2.46. The van der Waals surface area contributed by atoms with Crippen LogP contribution in [0.5, 0.6) is 5.75 Å². The Bertz CT molecular complexity index is 645. The first-order valence-electron chi connectivity index (χ1n) is 6.60. The maximum atomic E-state index is 13.6. The maximum Gasteiger partial charge on any atom is 0.405 e. The second kappa shape index (κ2) is 6.04. The first-order valence-corrected chi connectivity index (χ1v) is 8.04. The van der Waals surface area contributed by atoms with Crippen LogP contribution in [0.4, 0.5) is 17.6 Å². The molecular formula is C13H15F4NO3S. The largest absolute Gasteiger partial charge is 0.494 e. The molecule has 2 rings (SSSR count). The molecule has 1 heterocycles. The third kappa shape index (κ3) is 3.19. The Morgan fingerprint density at radius 3 is 2.50 bits per heavy atom. The van der Waals surface area contributed by atoms with E-state index in [0.717, 1.165) is 12.1 Å². The lowest BCUT2D eigenvalue weighted by Crippen LogP contribution is -2.51. The summed E-state index contributed by atoms with van der Waals surface area (Å²) in [5.74, 6) is -1.12. The third-order valence-corrected chi connectivity index (χ3v) is 5.47. The molecule has 22 heavy (non-hydrogen) atoms. The normalized spacial score (nSPS) is 20.9. The average Bonchev–Trinajstić information content (AvgIpc) is 2.46. The Morgan fingerprint density at radius 2 is 1.95 bits per heavy atom. The Morgan fingerprint density at radius 1 is 1.27 bits per heavy atom. The molecule has 0 bridgehead atoms. The summed E-state index contributed by atoms with van der Waals surface area (Å²) in [6.45, 7) is -0.236. The van der Waals surface area contributed by atoms with Crippen molar-refractivity contribution in [3.05, 3.63) is 24.0 Å². The van der Waals surface area contributed by atoms with Gasteiger partial charge in [0.15, 0.2) is 11.6 Å². The number of ether oxygens (including phenoxy) is 1. The number of rotatable bonds is 3. The predicted molar refractivity (Wildman–Crippen MR) is 70.5 cm³/mol. The minimum atomic E-state index is -4.65. The van der Waals surface area contributed by atoms with Gasteiger partial charge in [0.25, 0.3) is 0 Å². The van der Waals surface area contributed by atoms with Crippen LogP contribution in [0.3, 0.4) is 0 Å². The fraction of sp³-hybridized carbons (Fsp3) is 0.538. The predicted octanol–water partition coefficient (Wildman–Crippen LogP) is 2.94. The van der Waals surface area contributed by atoms with Gasteiger partial charge in [-0.25, -0.2) is 12.8 Å². The van der Waals surface area contributed by atoms with Crippen molar-refractivity contribution in [2.24, 2.45) is 0 Å². The van der Waals surface area contributed by atoms with E-state index < -0.39 is 33.0 Å². The molecule has 0 aromatic heterocycles. The minimum absolute atomic E-state index is 0.176. The highest BCUT2D eigenvalue weighted by molar-refractivity contribution is 7.89. The molecule has 1 unspecified atom stereocenters. The van der Waals surface area contributed by atoms with E-state index in [1.165, 1.54) is 7.11 Å². The second-order valence-electron chi connectivity index (χ2n) is 4.97. The van der Waals surface area contributed by atoms with Crippen molar-refractivity contribution < 1.29 is 30.7 Å². The molecule has 0 aliphatic carbocycles. The van der Waals surface area contributed by atoms with E-state index >= 15 is 0 Å². The number of methoxy groups -OCH3 is 1. The highest BCUT2D eigenvalue weighted by atomic mass is 32.2. The smallest absolute Gasteiger partial charge is 0.405 e. The van der Waals surface area contributed by atoms with E-state index in [4.69, 9.17) is 0 Å². The quantitative estimate of drug-likeness (QED) is 0.794. The third-order valence-electron chi connectivity index (χ3n) is 3.56. The summed E-state index contributed by atoms with van der Waals surface area (Å²) in [7, 11) is -3.22. The van der Waals surface area contributed by atoms with Crippen LogP contribution in [-0.2, 0) is 10.0 Å². The van der Waals surface area contributed by atoms with Gasteiger partial charge in [-0.1, -0.05) is 6.42 Å². The zero-order valence-corrected chi connectivity index (χ0v) is 12.5. The summed E-state index contributed by atoms with van der Waals surface area (Å²) in [6.07, 6.45) is -4.31. The van der Waals surface area contributed by atoms with Gasteiger partial charge in [-0.15, -0.1) is 0 Å². The summed E-state index contributed by atoms with van der Waals surface area (Å²) in [5, 5.41) is 0. The van der Waals surface area contributed by atoms with Crippen molar-refractivity contribution in [1.29, 1.82) is 0 Å². The van der Waals surface area contributed by atoms with Gasteiger partial charge in [0.05, 0.1) is 12.0 Å². The standard InChI is InChI=1S/C13H15F4NO3S/c1-21-11-6-5-9(8-10(11)14)22(19,20)18-7-3-2-4-12(18)13(15,16)17/h5-6,8,12H,2-4,7H2,1H3. The van der Waals surface area contributed by atoms with Crippen LogP contribution in [0.1, 0.15) is 19.3 Å². The molecule has 1 fully saturated rings. The van der Waals surface area contributed by atoms with Gasteiger partial charge >= 0.3 is 6.18 Å². The van der Waals surface area contributed by atoms with Crippen LogP contribution >= 0.6 is 0 Å². The highest BCUT2D eigenvalue weighted by Crippen LogP contribution is 2.35. The number of piperidine rings is 1. The molecule has 1 aromatic carbocycles. The van der Waals surface area contributed by atoms with E-state index in [2.05, 4.69) is 4.74 Å². The SMILES string of the molecule is COc1ccc(S(=O)(=O)N2CCCCC2C(F)(F)F)cc1F. The lowest BCUT2D eigenvalue weighted by atomic mass is 10.0. The molecule has 0 spiro atoms. The zero-order chi connectivity index (χ0) is 16.5. The molecule has 1 aliphatic rings. The number of hydrogen-bond acceptors (Lipinski definition) is 3. The second-order valence-corrected chi connectivity index (χ2v) is 6.86. The first-order chi connectivity index (χ1) is 10.2. The van der Waals surface area contributed by atoms with Gasteiger partial charge in [0.1, 0.15) is 6.04 Å². The number of benzene rings is 1. The van der Waals surface area contributed by atoms with Crippen molar-refractivity contribution in [1.82, 2.24) is 4.31 Å². The van der Waals surface area contributed by atoms with Crippen molar-refractivity contribution in [2.45, 2.75) is 36.4 Å². The number of sulfonamides is 1. The van der Waals surface area contributed by atoms with Gasteiger partial charge in [0.2, 0.25) is 10.0 Å². The number of hydrogen-bond donors (Lipinski definition) is 0.